The molecule has 3 atom stereocenters. The van der Waals surface area contributed by atoms with Crippen LogP contribution in [0.25, 0.3) is 0 Å². The molecule has 0 aromatic carbocycles. The van der Waals surface area contributed by atoms with Gasteiger partial charge in [0.2, 0.25) is 0 Å². The molecule has 0 aliphatic carbocycles. The van der Waals surface area contributed by atoms with Gasteiger partial charge in [-0.15, -0.1) is 0 Å². The summed E-state index contributed by atoms with van der Waals surface area (Å²) in [7, 11) is 13.4. The van der Waals surface area contributed by atoms with E-state index in [1.165, 1.54) is 12.6 Å². The van der Waals surface area contributed by atoms with E-state index in [1.54, 1.807) is 0 Å². The Morgan fingerprint density at radius 3 is 1.63 bits per heavy atom. The Bertz CT molecular complexity index is 353. The number of fused-ring (bicyclic) bond motifs is 1. The van der Waals surface area contributed by atoms with Gasteiger partial charge in [-0.25, -0.2) is 4.67 Å². The molecular weight excluding hydrogens is 255 g/mol. The molecule has 0 amide bonds. The van der Waals surface area contributed by atoms with Crippen molar-refractivity contribution in [1.29, 1.82) is 0 Å². The van der Waals surface area contributed by atoms with E-state index in [4.69, 9.17) is 0 Å². The average molecular weight is 286 g/mol. The molecule has 4 nitrogen and oxygen atoms in total. The SMILES string of the molecule is CN(C)C1(N(C)C)CCP2N(C(C)(C)C)C21N(C)C. The normalized spacial score (nSPS) is 37.3. The van der Waals surface area contributed by atoms with Gasteiger partial charge < -0.3 is 0 Å². The van der Waals surface area contributed by atoms with Crippen LogP contribution >= 0.6 is 8.07 Å². The van der Waals surface area contributed by atoms with Crippen molar-refractivity contribution in [3.05, 3.63) is 0 Å². The van der Waals surface area contributed by atoms with Crippen molar-refractivity contribution in [3.8, 4) is 0 Å². The lowest BCUT2D eigenvalue weighted by Gasteiger charge is -2.52. The zero-order valence-electron chi connectivity index (χ0n) is 14.2. The molecule has 2 rings (SSSR count). The van der Waals surface area contributed by atoms with Crippen molar-refractivity contribution in [1.82, 2.24) is 19.4 Å². The standard InChI is InChI=1S/C14H31N4P/c1-12(2,3)18-14(17(8)9)13(15(4)5,16(6)7)10-11-19(14)18/h10-11H2,1-9H3. The number of hydrogen-bond donors (Lipinski definition) is 0. The summed E-state index contributed by atoms with van der Waals surface area (Å²) in [6.45, 7) is 7.07. The van der Waals surface area contributed by atoms with Crippen LogP contribution in [-0.2, 0) is 0 Å². The molecule has 0 saturated carbocycles. The highest BCUT2D eigenvalue weighted by Gasteiger charge is 2.81. The smallest absolute Gasteiger partial charge is 0.143 e. The molecule has 0 spiro atoms. The summed E-state index contributed by atoms with van der Waals surface area (Å²) in [6.07, 6.45) is 2.62. The Morgan fingerprint density at radius 2 is 1.37 bits per heavy atom. The summed E-state index contributed by atoms with van der Waals surface area (Å²) in [5, 5.41) is 0.202. The molecule has 19 heavy (non-hydrogen) atoms. The van der Waals surface area contributed by atoms with Gasteiger partial charge in [0, 0.05) is 13.6 Å². The van der Waals surface area contributed by atoms with Crippen LogP contribution in [0.1, 0.15) is 27.2 Å². The Kier molecular flexibility index (Phi) is 3.61. The van der Waals surface area contributed by atoms with E-state index in [0.717, 1.165) is 0 Å². The predicted octanol–water partition coefficient (Wildman–Crippen LogP) is 1.94. The van der Waals surface area contributed by atoms with Crippen LogP contribution in [-0.4, -0.2) is 84.4 Å². The minimum Gasteiger partial charge on any atom is -0.288 e. The van der Waals surface area contributed by atoms with Crippen molar-refractivity contribution < 1.29 is 0 Å². The topological polar surface area (TPSA) is 12.7 Å². The van der Waals surface area contributed by atoms with Gasteiger partial charge >= 0.3 is 0 Å². The van der Waals surface area contributed by atoms with Gasteiger partial charge in [-0.2, -0.15) is 0 Å². The Labute approximate surface area is 120 Å². The maximum Gasteiger partial charge on any atom is 0.143 e. The van der Waals surface area contributed by atoms with Crippen molar-refractivity contribution in [2.45, 2.75) is 43.8 Å². The summed E-state index contributed by atoms with van der Waals surface area (Å²) in [5.74, 6) is 0. The van der Waals surface area contributed by atoms with E-state index in [-0.39, 0.29) is 24.7 Å². The van der Waals surface area contributed by atoms with Gasteiger partial charge in [0.05, 0.1) is 0 Å². The van der Waals surface area contributed by atoms with Gasteiger partial charge in [0.25, 0.3) is 0 Å². The fourth-order valence-corrected chi connectivity index (χ4v) is 8.85. The Hall–Kier alpha value is 0.270. The minimum absolute atomic E-state index is 0.0504. The summed E-state index contributed by atoms with van der Waals surface area (Å²) >= 11 is 0. The van der Waals surface area contributed by atoms with Crippen LogP contribution < -0.4 is 0 Å². The predicted molar refractivity (Wildman–Crippen MR) is 84.5 cm³/mol. The second-order valence-electron chi connectivity index (χ2n) is 7.49. The molecule has 0 aromatic heterocycles. The van der Waals surface area contributed by atoms with Crippen LogP contribution in [0.2, 0.25) is 0 Å². The van der Waals surface area contributed by atoms with E-state index in [9.17, 15) is 0 Å². The molecule has 2 aliphatic heterocycles. The van der Waals surface area contributed by atoms with Gasteiger partial charge in [0.15, 0.2) is 0 Å². The maximum absolute atomic E-state index is 2.78. The van der Waals surface area contributed by atoms with Crippen LogP contribution in [0.5, 0.6) is 0 Å². The molecule has 2 saturated heterocycles. The lowest BCUT2D eigenvalue weighted by Crippen LogP contribution is -2.69. The number of likely N-dealkylation sites (N-methyl/N-ethyl adjacent to an activating group) is 3. The molecule has 0 bridgehead atoms. The molecule has 5 heteroatoms. The first-order valence-electron chi connectivity index (χ1n) is 7.14. The number of rotatable bonds is 3. The average Bonchev–Trinajstić information content (AvgIpc) is 2.79. The minimum atomic E-state index is -0.0504. The van der Waals surface area contributed by atoms with E-state index in [0.29, 0.717) is 0 Å². The zero-order valence-corrected chi connectivity index (χ0v) is 15.0. The van der Waals surface area contributed by atoms with Crippen LogP contribution in [0.3, 0.4) is 0 Å². The largest absolute Gasteiger partial charge is 0.288 e. The maximum atomic E-state index is 2.78. The molecule has 2 fully saturated rings. The summed E-state index contributed by atoms with van der Waals surface area (Å²) < 4.78 is 2.78. The van der Waals surface area contributed by atoms with E-state index in [1.807, 2.05) is 0 Å². The van der Waals surface area contributed by atoms with Gasteiger partial charge in [0.1, 0.15) is 11.1 Å². The zero-order chi connectivity index (χ0) is 14.8. The molecule has 0 N–H and O–H groups in total. The molecular formula is C14H31N4P. The molecule has 2 aliphatic rings. The van der Waals surface area contributed by atoms with Crippen molar-refractivity contribution >= 4 is 8.07 Å². The first-order chi connectivity index (χ1) is 8.54. The first-order valence-corrected chi connectivity index (χ1v) is 8.62. The first kappa shape index (κ1) is 15.7. The number of nitrogens with zero attached hydrogens (tertiary/aromatic N) is 4. The summed E-state index contributed by atoms with van der Waals surface area (Å²) in [6, 6.07) is 0. The monoisotopic (exact) mass is 286 g/mol. The fraction of sp³-hybridized carbons (Fsp3) is 1.00. The van der Waals surface area contributed by atoms with E-state index in [2.05, 4.69) is 82.4 Å². The van der Waals surface area contributed by atoms with Gasteiger partial charge in [-0.3, -0.25) is 14.7 Å². The molecule has 2 heterocycles. The third-order valence-electron chi connectivity index (χ3n) is 4.81. The van der Waals surface area contributed by atoms with Gasteiger partial charge in [-0.1, -0.05) is 0 Å². The summed E-state index contributed by atoms with van der Waals surface area (Å²) in [5.41, 5.74) is 0.364. The summed E-state index contributed by atoms with van der Waals surface area (Å²) in [4.78, 5) is 7.37. The second kappa shape index (κ2) is 4.38. The highest BCUT2D eigenvalue weighted by atomic mass is 31.1. The molecule has 0 radical (unpaired) electrons. The van der Waals surface area contributed by atoms with Crippen molar-refractivity contribution in [2.75, 3.05) is 48.4 Å². The van der Waals surface area contributed by atoms with Gasteiger partial charge in [-0.05, 0) is 75.6 Å². The highest BCUT2D eigenvalue weighted by Crippen LogP contribution is 2.85. The highest BCUT2D eigenvalue weighted by molar-refractivity contribution is 7.64. The lowest BCUT2D eigenvalue weighted by atomic mass is 9.96. The third kappa shape index (κ3) is 1.70. The second-order valence-corrected chi connectivity index (χ2v) is 9.76. The Morgan fingerprint density at radius 1 is 0.895 bits per heavy atom. The van der Waals surface area contributed by atoms with Crippen LogP contribution in [0.4, 0.5) is 0 Å². The lowest BCUT2D eigenvalue weighted by molar-refractivity contribution is -0.101. The van der Waals surface area contributed by atoms with E-state index >= 15 is 0 Å². The third-order valence-corrected chi connectivity index (χ3v) is 8.31. The number of hydrogen-bond acceptors (Lipinski definition) is 4. The Balaban J connectivity index is 2.53. The quantitative estimate of drug-likeness (QED) is 0.446. The molecule has 112 valence electrons. The van der Waals surface area contributed by atoms with Crippen molar-refractivity contribution in [2.24, 2.45) is 0 Å². The molecule has 3 unspecified atom stereocenters. The fourth-order valence-electron chi connectivity index (χ4n) is 4.37. The van der Waals surface area contributed by atoms with Crippen LogP contribution in [0.15, 0.2) is 0 Å². The van der Waals surface area contributed by atoms with Crippen molar-refractivity contribution in [3.63, 3.8) is 0 Å². The molecule has 0 aromatic rings. The van der Waals surface area contributed by atoms with Crippen LogP contribution in [0, 0.1) is 0 Å². The van der Waals surface area contributed by atoms with E-state index < -0.39 is 0 Å².